The van der Waals surface area contributed by atoms with Gasteiger partial charge in [-0.2, -0.15) is 4.31 Å². The third-order valence-electron chi connectivity index (χ3n) is 4.82. The molecule has 0 atom stereocenters. The van der Waals surface area contributed by atoms with Crippen molar-refractivity contribution in [1.29, 1.82) is 0 Å². The van der Waals surface area contributed by atoms with Crippen LogP contribution in [0, 0.1) is 0 Å². The van der Waals surface area contributed by atoms with Crippen LogP contribution in [0.4, 0.5) is 5.69 Å². The van der Waals surface area contributed by atoms with Gasteiger partial charge in [-0.25, -0.2) is 13.2 Å². The molecule has 3 rings (SSSR count). The number of thioether (sulfide) groups is 1. The van der Waals surface area contributed by atoms with Crippen LogP contribution in [-0.2, 0) is 19.6 Å². The third-order valence-corrected chi connectivity index (χ3v) is 7.79. The van der Waals surface area contributed by atoms with Crippen LogP contribution < -0.4 is 5.32 Å². The SMILES string of the molecule is CSc1ccc(NC(=O)COC(=O)c2cc(S(=O)(=O)N3CCCCC3)ccc2Cl)cc1. The summed E-state index contributed by atoms with van der Waals surface area (Å²) in [6.07, 6.45) is 4.55. The van der Waals surface area contributed by atoms with Crippen LogP contribution in [-0.4, -0.2) is 50.6 Å². The van der Waals surface area contributed by atoms with Crippen LogP contribution >= 0.6 is 23.4 Å². The molecule has 7 nitrogen and oxygen atoms in total. The quantitative estimate of drug-likeness (QED) is 0.473. The predicted octanol–water partition coefficient (Wildman–Crippen LogP) is 4.03. The Labute approximate surface area is 191 Å². The Balaban J connectivity index is 1.65. The van der Waals surface area contributed by atoms with E-state index in [1.807, 2.05) is 18.4 Å². The molecule has 0 unspecified atom stereocenters. The molecule has 31 heavy (non-hydrogen) atoms. The average molecular weight is 483 g/mol. The van der Waals surface area contributed by atoms with Crippen LogP contribution in [0.25, 0.3) is 0 Å². The van der Waals surface area contributed by atoms with E-state index < -0.39 is 28.5 Å². The third kappa shape index (κ3) is 6.00. The highest BCUT2D eigenvalue weighted by molar-refractivity contribution is 7.98. The molecule has 1 aliphatic heterocycles. The van der Waals surface area contributed by atoms with Crippen molar-refractivity contribution in [3.05, 3.63) is 53.1 Å². The molecule has 1 amide bonds. The van der Waals surface area contributed by atoms with E-state index in [9.17, 15) is 18.0 Å². The molecule has 0 bridgehead atoms. The van der Waals surface area contributed by atoms with E-state index in [1.54, 1.807) is 23.9 Å². The van der Waals surface area contributed by atoms with Crippen molar-refractivity contribution in [1.82, 2.24) is 4.31 Å². The predicted molar refractivity (Wildman–Crippen MR) is 121 cm³/mol. The molecule has 1 fully saturated rings. The monoisotopic (exact) mass is 482 g/mol. The molecule has 166 valence electrons. The summed E-state index contributed by atoms with van der Waals surface area (Å²) in [6, 6.07) is 11.1. The van der Waals surface area contributed by atoms with Gasteiger partial charge in [0.2, 0.25) is 10.0 Å². The number of amides is 1. The summed E-state index contributed by atoms with van der Waals surface area (Å²) in [6.45, 7) is 0.369. The molecular weight excluding hydrogens is 460 g/mol. The van der Waals surface area contributed by atoms with E-state index >= 15 is 0 Å². The zero-order valence-corrected chi connectivity index (χ0v) is 19.4. The second-order valence-electron chi connectivity index (χ2n) is 6.96. The number of ether oxygens (including phenoxy) is 1. The first-order valence-corrected chi connectivity index (χ1v) is 12.8. The molecule has 0 radical (unpaired) electrons. The molecule has 2 aromatic rings. The van der Waals surface area contributed by atoms with E-state index in [4.69, 9.17) is 16.3 Å². The summed E-state index contributed by atoms with van der Waals surface area (Å²) in [7, 11) is -3.73. The topological polar surface area (TPSA) is 92.8 Å². The molecule has 0 aromatic heterocycles. The van der Waals surface area contributed by atoms with Crippen LogP contribution in [0.2, 0.25) is 5.02 Å². The molecule has 1 N–H and O–H groups in total. The lowest BCUT2D eigenvalue weighted by Gasteiger charge is -2.26. The Morgan fingerprint density at radius 1 is 1.10 bits per heavy atom. The molecule has 2 aromatic carbocycles. The average Bonchev–Trinajstić information content (AvgIpc) is 2.78. The smallest absolute Gasteiger partial charge is 0.340 e. The summed E-state index contributed by atoms with van der Waals surface area (Å²) in [5, 5.41) is 2.68. The summed E-state index contributed by atoms with van der Waals surface area (Å²) in [4.78, 5) is 25.6. The Morgan fingerprint density at radius 2 is 1.77 bits per heavy atom. The van der Waals surface area contributed by atoms with Gasteiger partial charge in [0.05, 0.1) is 15.5 Å². The summed E-state index contributed by atoms with van der Waals surface area (Å²) in [5.41, 5.74) is 0.475. The number of carbonyl (C=O) groups is 2. The largest absolute Gasteiger partial charge is 0.452 e. The number of esters is 1. The van der Waals surface area contributed by atoms with Gasteiger partial charge in [-0.1, -0.05) is 18.0 Å². The minimum Gasteiger partial charge on any atom is -0.452 e. The number of carbonyl (C=O) groups excluding carboxylic acids is 2. The van der Waals surface area contributed by atoms with E-state index in [1.165, 1.54) is 22.5 Å². The van der Waals surface area contributed by atoms with Crippen LogP contribution in [0.1, 0.15) is 29.6 Å². The fraction of sp³-hybridized carbons (Fsp3) is 0.333. The van der Waals surface area contributed by atoms with Crippen molar-refractivity contribution in [2.45, 2.75) is 29.1 Å². The Kier molecular flexibility index (Phi) is 7.99. The fourth-order valence-electron chi connectivity index (χ4n) is 3.16. The highest BCUT2D eigenvalue weighted by Crippen LogP contribution is 2.25. The minimum absolute atomic E-state index is 0.0240. The standard InChI is InChI=1S/C21H23ClN2O5S2/c1-30-16-7-5-15(6-8-16)23-20(25)14-29-21(26)18-13-17(9-10-19(18)22)31(27,28)24-11-3-2-4-12-24/h5-10,13H,2-4,11-12,14H2,1H3,(H,23,25). The molecule has 10 heteroatoms. The number of sulfonamides is 1. The Bertz CT molecular complexity index is 1050. The summed E-state index contributed by atoms with van der Waals surface area (Å²) >= 11 is 7.67. The molecule has 0 saturated carbocycles. The molecule has 1 saturated heterocycles. The lowest BCUT2D eigenvalue weighted by molar-refractivity contribution is -0.119. The van der Waals surface area contributed by atoms with Crippen molar-refractivity contribution in [3.8, 4) is 0 Å². The lowest BCUT2D eigenvalue weighted by atomic mass is 10.2. The van der Waals surface area contributed by atoms with Crippen molar-refractivity contribution in [2.24, 2.45) is 0 Å². The summed E-state index contributed by atoms with van der Waals surface area (Å²) < 4.78 is 32.2. The maximum atomic E-state index is 12.9. The van der Waals surface area contributed by atoms with Crippen LogP contribution in [0.3, 0.4) is 0 Å². The number of anilines is 1. The molecule has 1 aliphatic rings. The molecule has 1 heterocycles. The molecular formula is C21H23ClN2O5S2. The van der Waals surface area contributed by atoms with E-state index in [0.29, 0.717) is 18.8 Å². The van der Waals surface area contributed by atoms with Gasteiger partial charge in [0.15, 0.2) is 6.61 Å². The van der Waals surface area contributed by atoms with Crippen LogP contribution in [0.5, 0.6) is 0 Å². The second kappa shape index (κ2) is 10.5. The second-order valence-corrected chi connectivity index (χ2v) is 10.2. The number of nitrogens with zero attached hydrogens (tertiary/aromatic N) is 1. The zero-order chi connectivity index (χ0) is 22.4. The van der Waals surface area contributed by atoms with Gasteiger partial charge < -0.3 is 10.1 Å². The van der Waals surface area contributed by atoms with Gasteiger partial charge in [-0.3, -0.25) is 4.79 Å². The number of rotatable bonds is 7. The first-order chi connectivity index (χ1) is 14.8. The van der Waals surface area contributed by atoms with Crippen molar-refractivity contribution >= 4 is 50.9 Å². The van der Waals surface area contributed by atoms with Crippen molar-refractivity contribution in [3.63, 3.8) is 0 Å². The Morgan fingerprint density at radius 3 is 2.42 bits per heavy atom. The fourth-order valence-corrected chi connectivity index (χ4v) is 5.30. The first kappa shape index (κ1) is 23.6. The maximum absolute atomic E-state index is 12.9. The van der Waals surface area contributed by atoms with Gasteiger partial charge in [0.25, 0.3) is 5.91 Å². The van der Waals surface area contributed by atoms with E-state index in [2.05, 4.69) is 5.32 Å². The first-order valence-electron chi connectivity index (χ1n) is 9.72. The van der Waals surface area contributed by atoms with Gasteiger partial charge in [0, 0.05) is 23.7 Å². The molecule has 0 spiro atoms. The number of nitrogens with one attached hydrogen (secondary N) is 1. The normalized spacial score (nSPS) is 14.8. The maximum Gasteiger partial charge on any atom is 0.340 e. The Hall–Kier alpha value is -2.07. The number of hydrogen-bond acceptors (Lipinski definition) is 6. The highest BCUT2D eigenvalue weighted by atomic mass is 35.5. The van der Waals surface area contributed by atoms with Crippen LogP contribution in [0.15, 0.2) is 52.3 Å². The van der Waals surface area contributed by atoms with Gasteiger partial charge in [-0.05, 0) is 61.6 Å². The van der Waals surface area contributed by atoms with E-state index in [0.717, 1.165) is 24.2 Å². The van der Waals surface area contributed by atoms with Gasteiger partial charge in [0.1, 0.15) is 0 Å². The number of benzene rings is 2. The molecule has 0 aliphatic carbocycles. The number of piperidine rings is 1. The number of hydrogen-bond donors (Lipinski definition) is 1. The summed E-state index contributed by atoms with van der Waals surface area (Å²) in [5.74, 6) is -1.38. The van der Waals surface area contributed by atoms with E-state index in [-0.39, 0.29) is 15.5 Å². The van der Waals surface area contributed by atoms with Gasteiger partial charge >= 0.3 is 5.97 Å². The number of halogens is 1. The van der Waals surface area contributed by atoms with Crippen molar-refractivity contribution < 1.29 is 22.7 Å². The zero-order valence-electron chi connectivity index (χ0n) is 17.0. The lowest BCUT2D eigenvalue weighted by Crippen LogP contribution is -2.35. The highest BCUT2D eigenvalue weighted by Gasteiger charge is 2.27. The van der Waals surface area contributed by atoms with Gasteiger partial charge in [-0.15, -0.1) is 11.8 Å². The minimum atomic E-state index is -3.73. The van der Waals surface area contributed by atoms with Crippen molar-refractivity contribution in [2.75, 3.05) is 31.3 Å².